The molecule has 21 heavy (non-hydrogen) atoms. The summed E-state index contributed by atoms with van der Waals surface area (Å²) in [5.74, 6) is 1.01. The molecule has 4 heteroatoms. The van der Waals surface area contributed by atoms with Gasteiger partial charge >= 0.3 is 0 Å². The standard InChI is InChI=1S/C17H23N3O/c18-12-14-11-13-5-1-2-8-16(13)19-17(14)20(9-4-10-21)15-6-3-7-15/h1-2,5,8,11,15,21H,3-4,6-7,9-10,12,18H2. The molecule has 1 fully saturated rings. The summed E-state index contributed by atoms with van der Waals surface area (Å²) >= 11 is 0. The van der Waals surface area contributed by atoms with Gasteiger partial charge in [-0.25, -0.2) is 4.98 Å². The summed E-state index contributed by atoms with van der Waals surface area (Å²) in [6.07, 6.45) is 4.48. The van der Waals surface area contributed by atoms with Gasteiger partial charge in [-0.1, -0.05) is 18.2 Å². The summed E-state index contributed by atoms with van der Waals surface area (Å²) in [7, 11) is 0. The third-order valence-corrected chi connectivity index (χ3v) is 4.34. The second kappa shape index (κ2) is 6.41. The van der Waals surface area contributed by atoms with Crippen molar-refractivity contribution >= 4 is 16.7 Å². The second-order valence-corrected chi connectivity index (χ2v) is 5.72. The molecule has 1 aliphatic carbocycles. The number of rotatable bonds is 6. The van der Waals surface area contributed by atoms with Crippen molar-refractivity contribution in [2.75, 3.05) is 18.1 Å². The van der Waals surface area contributed by atoms with E-state index in [0.29, 0.717) is 12.6 Å². The minimum atomic E-state index is 0.217. The third-order valence-electron chi connectivity index (χ3n) is 4.34. The molecule has 1 aromatic carbocycles. The van der Waals surface area contributed by atoms with Crippen LogP contribution in [0.25, 0.3) is 10.9 Å². The number of anilines is 1. The first kappa shape index (κ1) is 14.3. The molecule has 1 aliphatic rings. The predicted octanol–water partition coefficient (Wildman–Crippen LogP) is 2.43. The average molecular weight is 285 g/mol. The Bertz CT molecular complexity index is 610. The van der Waals surface area contributed by atoms with Crippen LogP contribution in [-0.2, 0) is 6.54 Å². The van der Waals surface area contributed by atoms with E-state index in [9.17, 15) is 0 Å². The summed E-state index contributed by atoms with van der Waals surface area (Å²) in [4.78, 5) is 7.22. The van der Waals surface area contributed by atoms with E-state index in [1.54, 1.807) is 0 Å². The van der Waals surface area contributed by atoms with Crippen molar-refractivity contribution in [3.63, 3.8) is 0 Å². The molecule has 0 radical (unpaired) electrons. The number of hydrogen-bond acceptors (Lipinski definition) is 4. The van der Waals surface area contributed by atoms with Gasteiger partial charge in [0.05, 0.1) is 5.52 Å². The molecule has 1 saturated carbocycles. The maximum atomic E-state index is 9.16. The number of hydrogen-bond donors (Lipinski definition) is 2. The van der Waals surface area contributed by atoms with E-state index in [1.807, 2.05) is 18.2 Å². The van der Waals surface area contributed by atoms with Gasteiger partial charge in [0.25, 0.3) is 0 Å². The van der Waals surface area contributed by atoms with Gasteiger partial charge in [-0.15, -0.1) is 0 Å². The van der Waals surface area contributed by atoms with Crippen LogP contribution in [-0.4, -0.2) is 29.3 Å². The maximum absolute atomic E-state index is 9.16. The Morgan fingerprint density at radius 2 is 2.10 bits per heavy atom. The summed E-state index contributed by atoms with van der Waals surface area (Å²) in [5.41, 5.74) is 8.06. The van der Waals surface area contributed by atoms with Crippen LogP contribution < -0.4 is 10.6 Å². The molecule has 3 N–H and O–H groups in total. The van der Waals surface area contributed by atoms with Gasteiger partial charge in [0.1, 0.15) is 5.82 Å². The zero-order chi connectivity index (χ0) is 14.7. The quantitative estimate of drug-likeness (QED) is 0.855. The van der Waals surface area contributed by atoms with Gasteiger partial charge < -0.3 is 15.7 Å². The number of pyridine rings is 1. The minimum absolute atomic E-state index is 0.217. The van der Waals surface area contributed by atoms with E-state index in [0.717, 1.165) is 35.2 Å². The highest BCUT2D eigenvalue weighted by atomic mass is 16.3. The normalized spacial score (nSPS) is 15.1. The van der Waals surface area contributed by atoms with Crippen molar-refractivity contribution in [3.8, 4) is 0 Å². The van der Waals surface area contributed by atoms with Crippen molar-refractivity contribution < 1.29 is 5.11 Å². The predicted molar refractivity (Wildman–Crippen MR) is 86.3 cm³/mol. The lowest BCUT2D eigenvalue weighted by molar-refractivity contribution is 0.282. The van der Waals surface area contributed by atoms with E-state index in [-0.39, 0.29) is 6.61 Å². The van der Waals surface area contributed by atoms with E-state index < -0.39 is 0 Å². The fourth-order valence-corrected chi connectivity index (χ4v) is 2.95. The molecule has 0 saturated heterocycles. The van der Waals surface area contributed by atoms with Crippen LogP contribution in [0.4, 0.5) is 5.82 Å². The Labute approximate surface area is 125 Å². The molecule has 112 valence electrons. The Morgan fingerprint density at radius 1 is 1.29 bits per heavy atom. The van der Waals surface area contributed by atoms with Gasteiger partial charge in [-0.2, -0.15) is 0 Å². The van der Waals surface area contributed by atoms with Gasteiger partial charge in [-0.3, -0.25) is 0 Å². The Balaban J connectivity index is 2.01. The minimum Gasteiger partial charge on any atom is -0.396 e. The highest BCUT2D eigenvalue weighted by Gasteiger charge is 2.27. The lowest BCUT2D eigenvalue weighted by Gasteiger charge is -2.39. The number of aliphatic hydroxyl groups excluding tert-OH is 1. The van der Waals surface area contributed by atoms with Crippen LogP contribution in [0.2, 0.25) is 0 Å². The first-order valence-electron chi connectivity index (χ1n) is 7.79. The summed E-state index contributed by atoms with van der Waals surface area (Å²) in [5, 5.41) is 10.3. The van der Waals surface area contributed by atoms with Crippen molar-refractivity contribution in [1.82, 2.24) is 4.98 Å². The second-order valence-electron chi connectivity index (χ2n) is 5.72. The molecular formula is C17H23N3O. The topological polar surface area (TPSA) is 62.4 Å². The molecule has 1 aromatic heterocycles. The SMILES string of the molecule is NCc1cc2ccccc2nc1N(CCCO)C1CCC1. The molecular weight excluding hydrogens is 262 g/mol. The number of aliphatic hydroxyl groups is 1. The first-order chi connectivity index (χ1) is 10.3. The average Bonchev–Trinajstić information content (AvgIpc) is 2.48. The molecule has 1 heterocycles. The smallest absolute Gasteiger partial charge is 0.134 e. The molecule has 2 aromatic rings. The number of nitrogens with zero attached hydrogens (tertiary/aromatic N) is 2. The Kier molecular flexibility index (Phi) is 4.36. The van der Waals surface area contributed by atoms with E-state index in [1.165, 1.54) is 19.3 Å². The molecule has 0 atom stereocenters. The Hall–Kier alpha value is -1.65. The van der Waals surface area contributed by atoms with Crippen molar-refractivity contribution in [1.29, 1.82) is 0 Å². The van der Waals surface area contributed by atoms with E-state index >= 15 is 0 Å². The largest absolute Gasteiger partial charge is 0.396 e. The lowest BCUT2D eigenvalue weighted by Crippen LogP contribution is -2.42. The number of para-hydroxylation sites is 1. The van der Waals surface area contributed by atoms with Crippen LogP contribution in [0.5, 0.6) is 0 Å². The van der Waals surface area contributed by atoms with Crippen molar-refractivity contribution in [2.45, 2.75) is 38.3 Å². The molecule has 0 aliphatic heterocycles. The third kappa shape index (κ3) is 2.87. The van der Waals surface area contributed by atoms with E-state index in [4.69, 9.17) is 15.8 Å². The molecule has 0 unspecified atom stereocenters. The zero-order valence-corrected chi connectivity index (χ0v) is 12.3. The fourth-order valence-electron chi connectivity index (χ4n) is 2.95. The van der Waals surface area contributed by atoms with Crippen LogP contribution >= 0.6 is 0 Å². The fraction of sp³-hybridized carbons (Fsp3) is 0.471. The van der Waals surface area contributed by atoms with E-state index in [2.05, 4.69) is 17.0 Å². The van der Waals surface area contributed by atoms with Gasteiger partial charge in [0, 0.05) is 36.7 Å². The highest BCUT2D eigenvalue weighted by Crippen LogP contribution is 2.32. The monoisotopic (exact) mass is 285 g/mol. The molecule has 3 rings (SSSR count). The van der Waals surface area contributed by atoms with Crippen molar-refractivity contribution in [2.24, 2.45) is 5.73 Å². The van der Waals surface area contributed by atoms with Crippen LogP contribution in [0.3, 0.4) is 0 Å². The molecule has 4 nitrogen and oxygen atoms in total. The summed E-state index contributed by atoms with van der Waals surface area (Å²) < 4.78 is 0. The van der Waals surface area contributed by atoms with Crippen molar-refractivity contribution in [3.05, 3.63) is 35.9 Å². The molecule has 0 bridgehead atoms. The van der Waals surface area contributed by atoms with Gasteiger partial charge in [-0.05, 0) is 37.8 Å². The summed E-state index contributed by atoms with van der Waals surface area (Å²) in [6, 6.07) is 10.9. The Morgan fingerprint density at radius 3 is 2.76 bits per heavy atom. The lowest BCUT2D eigenvalue weighted by atomic mass is 9.91. The first-order valence-corrected chi connectivity index (χ1v) is 7.79. The number of aromatic nitrogens is 1. The maximum Gasteiger partial charge on any atom is 0.134 e. The van der Waals surface area contributed by atoms with Gasteiger partial charge in [0.15, 0.2) is 0 Å². The number of fused-ring (bicyclic) bond motifs is 1. The highest BCUT2D eigenvalue weighted by molar-refractivity contribution is 5.81. The van der Waals surface area contributed by atoms with Gasteiger partial charge in [0.2, 0.25) is 0 Å². The number of benzene rings is 1. The van der Waals surface area contributed by atoms with Crippen LogP contribution in [0.1, 0.15) is 31.2 Å². The summed E-state index contributed by atoms with van der Waals surface area (Å²) in [6.45, 7) is 1.56. The molecule has 0 amide bonds. The zero-order valence-electron chi connectivity index (χ0n) is 12.3. The van der Waals surface area contributed by atoms with Crippen LogP contribution in [0.15, 0.2) is 30.3 Å². The number of nitrogens with two attached hydrogens (primary N) is 1. The van der Waals surface area contributed by atoms with Crippen LogP contribution in [0, 0.1) is 0 Å². The molecule has 0 spiro atoms.